The monoisotopic (exact) mass is 188 g/mol. The molecule has 0 unspecified atom stereocenters. The molecule has 0 bridgehead atoms. The second kappa shape index (κ2) is 3.84. The number of nitrogen functional groups attached to an aromatic ring is 1. The Bertz CT molecular complexity index is 367. The van der Waals surface area contributed by atoms with E-state index < -0.39 is 0 Å². The number of nitrogens with two attached hydrogens (primary N) is 1. The first-order valence-corrected chi connectivity index (χ1v) is 5.02. The first-order valence-electron chi connectivity index (χ1n) is 5.02. The number of hydrogen-bond donors (Lipinski definition) is 2. The van der Waals surface area contributed by atoms with Crippen LogP contribution in [0.5, 0.6) is 0 Å². The number of hydrogen-bond acceptors (Lipinski definition) is 2. The predicted octanol–water partition coefficient (Wildman–Crippen LogP) is 1.82. The summed E-state index contributed by atoms with van der Waals surface area (Å²) in [4.78, 5) is 0. The van der Waals surface area contributed by atoms with Gasteiger partial charge in [-0.3, -0.25) is 0 Å². The topological polar surface area (TPSA) is 38.0 Å². The Balaban J connectivity index is 2.12. The molecule has 2 rings (SSSR count). The lowest BCUT2D eigenvalue weighted by molar-refractivity contribution is 0.779. The van der Waals surface area contributed by atoms with Crippen LogP contribution in [-0.4, -0.2) is 13.6 Å². The molecule has 0 aliphatic heterocycles. The van der Waals surface area contributed by atoms with Gasteiger partial charge in [0.25, 0.3) is 0 Å². The van der Waals surface area contributed by atoms with Gasteiger partial charge < -0.3 is 11.1 Å². The maximum Gasteiger partial charge on any atom is 0.0317 e. The van der Waals surface area contributed by atoms with Crippen molar-refractivity contribution in [2.75, 3.05) is 19.3 Å². The number of fused-ring (bicyclic) bond motifs is 1. The average molecular weight is 188 g/mol. The van der Waals surface area contributed by atoms with Crippen LogP contribution in [0.1, 0.15) is 17.5 Å². The molecule has 0 saturated carbocycles. The molecule has 2 nitrogen and oxygen atoms in total. The summed E-state index contributed by atoms with van der Waals surface area (Å²) < 4.78 is 0. The van der Waals surface area contributed by atoms with Crippen LogP contribution >= 0.6 is 0 Å². The highest BCUT2D eigenvalue weighted by Crippen LogP contribution is 2.27. The third kappa shape index (κ3) is 1.80. The molecule has 0 fully saturated rings. The van der Waals surface area contributed by atoms with Crippen molar-refractivity contribution in [3.05, 3.63) is 34.9 Å². The quantitative estimate of drug-likeness (QED) is 0.710. The fourth-order valence-corrected chi connectivity index (χ4v) is 1.88. The highest BCUT2D eigenvalue weighted by Gasteiger charge is 2.11. The van der Waals surface area contributed by atoms with Gasteiger partial charge in [-0.15, -0.1) is 0 Å². The van der Waals surface area contributed by atoms with E-state index in [2.05, 4.69) is 23.5 Å². The number of nitrogens with one attached hydrogen (secondary N) is 1. The molecule has 74 valence electrons. The molecule has 0 saturated heterocycles. The lowest BCUT2D eigenvalue weighted by atomic mass is 10.1. The summed E-state index contributed by atoms with van der Waals surface area (Å²) in [5, 5.41) is 3.17. The largest absolute Gasteiger partial charge is 0.399 e. The standard InChI is InChI=1S/C12H16N2/c1-14-5-4-9-6-10-2-3-12(13)8-11(10)7-9/h2-3,6,8,14H,4-5,7,13H2,1H3. The number of anilines is 1. The SMILES string of the molecule is CNCCC1=Cc2ccc(N)cc2C1. The van der Waals surface area contributed by atoms with Crippen LogP contribution in [0.2, 0.25) is 0 Å². The first kappa shape index (κ1) is 9.28. The Morgan fingerprint density at radius 2 is 2.29 bits per heavy atom. The van der Waals surface area contributed by atoms with Gasteiger partial charge in [0.05, 0.1) is 0 Å². The van der Waals surface area contributed by atoms with Crippen molar-refractivity contribution in [3.8, 4) is 0 Å². The summed E-state index contributed by atoms with van der Waals surface area (Å²) in [6.45, 7) is 1.05. The second-order valence-corrected chi connectivity index (χ2v) is 3.79. The second-order valence-electron chi connectivity index (χ2n) is 3.79. The van der Waals surface area contributed by atoms with E-state index in [0.717, 1.165) is 25.1 Å². The molecule has 1 aromatic rings. The van der Waals surface area contributed by atoms with Crippen LogP contribution in [0.3, 0.4) is 0 Å². The van der Waals surface area contributed by atoms with E-state index in [9.17, 15) is 0 Å². The highest BCUT2D eigenvalue weighted by molar-refractivity contribution is 5.66. The van der Waals surface area contributed by atoms with E-state index in [4.69, 9.17) is 5.73 Å². The maximum atomic E-state index is 5.74. The maximum absolute atomic E-state index is 5.74. The summed E-state index contributed by atoms with van der Waals surface area (Å²) in [5.41, 5.74) is 10.8. The van der Waals surface area contributed by atoms with Crippen molar-refractivity contribution in [3.63, 3.8) is 0 Å². The van der Waals surface area contributed by atoms with Crippen LogP contribution in [0.4, 0.5) is 5.69 Å². The van der Waals surface area contributed by atoms with Crippen LogP contribution in [0.15, 0.2) is 23.8 Å². The number of rotatable bonds is 3. The van der Waals surface area contributed by atoms with Crippen molar-refractivity contribution in [2.24, 2.45) is 0 Å². The molecule has 0 amide bonds. The van der Waals surface area contributed by atoms with Gasteiger partial charge >= 0.3 is 0 Å². The number of benzene rings is 1. The molecule has 14 heavy (non-hydrogen) atoms. The third-order valence-electron chi connectivity index (χ3n) is 2.64. The minimum atomic E-state index is 0.868. The summed E-state index contributed by atoms with van der Waals surface area (Å²) in [6, 6.07) is 6.16. The van der Waals surface area contributed by atoms with Crippen LogP contribution in [0.25, 0.3) is 6.08 Å². The third-order valence-corrected chi connectivity index (χ3v) is 2.64. The normalized spacial score (nSPS) is 13.9. The molecule has 0 aromatic heterocycles. The van der Waals surface area contributed by atoms with Crippen molar-refractivity contribution in [2.45, 2.75) is 12.8 Å². The molecule has 0 radical (unpaired) electrons. The van der Waals surface area contributed by atoms with E-state index in [0.29, 0.717) is 0 Å². The zero-order valence-corrected chi connectivity index (χ0v) is 8.51. The Kier molecular flexibility index (Phi) is 2.55. The van der Waals surface area contributed by atoms with Gasteiger partial charge in [-0.25, -0.2) is 0 Å². The molecule has 1 aliphatic carbocycles. The average Bonchev–Trinajstić information content (AvgIpc) is 2.56. The fraction of sp³-hybridized carbons (Fsp3) is 0.333. The van der Waals surface area contributed by atoms with Gasteiger partial charge in [0.1, 0.15) is 0 Å². The predicted molar refractivity (Wildman–Crippen MR) is 61.1 cm³/mol. The lowest BCUT2D eigenvalue weighted by Gasteiger charge is -2.01. The van der Waals surface area contributed by atoms with Gasteiger partial charge in [-0.1, -0.05) is 17.7 Å². The molecule has 0 heterocycles. The van der Waals surface area contributed by atoms with Crippen molar-refractivity contribution in [1.82, 2.24) is 5.32 Å². The Morgan fingerprint density at radius 1 is 1.43 bits per heavy atom. The summed E-state index contributed by atoms with van der Waals surface area (Å²) in [5.74, 6) is 0. The molecule has 3 N–H and O–H groups in total. The lowest BCUT2D eigenvalue weighted by Crippen LogP contribution is -2.08. The zero-order valence-electron chi connectivity index (χ0n) is 8.51. The van der Waals surface area contributed by atoms with Crippen LogP contribution < -0.4 is 11.1 Å². The highest BCUT2D eigenvalue weighted by atomic mass is 14.8. The Labute approximate surface area is 84.8 Å². The van der Waals surface area contributed by atoms with Crippen molar-refractivity contribution >= 4 is 11.8 Å². The van der Waals surface area contributed by atoms with E-state index in [1.54, 1.807) is 0 Å². The molecule has 1 aliphatic rings. The van der Waals surface area contributed by atoms with Gasteiger partial charge in [0, 0.05) is 5.69 Å². The van der Waals surface area contributed by atoms with E-state index in [1.807, 2.05) is 13.1 Å². The molecule has 1 aromatic carbocycles. The molecular formula is C12H16N2. The minimum absolute atomic E-state index is 0.868. The van der Waals surface area contributed by atoms with E-state index in [-0.39, 0.29) is 0 Å². The summed E-state index contributed by atoms with van der Waals surface area (Å²) in [6.07, 6.45) is 4.49. The summed E-state index contributed by atoms with van der Waals surface area (Å²) >= 11 is 0. The van der Waals surface area contributed by atoms with Gasteiger partial charge in [0.2, 0.25) is 0 Å². The summed E-state index contributed by atoms with van der Waals surface area (Å²) in [7, 11) is 1.99. The van der Waals surface area contributed by atoms with Gasteiger partial charge in [-0.2, -0.15) is 0 Å². The minimum Gasteiger partial charge on any atom is -0.399 e. The van der Waals surface area contributed by atoms with Crippen LogP contribution in [0, 0.1) is 0 Å². The van der Waals surface area contributed by atoms with Gasteiger partial charge in [0.15, 0.2) is 0 Å². The van der Waals surface area contributed by atoms with E-state index in [1.165, 1.54) is 16.7 Å². The molecule has 0 spiro atoms. The Hall–Kier alpha value is -1.28. The van der Waals surface area contributed by atoms with Crippen molar-refractivity contribution < 1.29 is 0 Å². The molecule has 2 heteroatoms. The Morgan fingerprint density at radius 3 is 3.07 bits per heavy atom. The van der Waals surface area contributed by atoms with Crippen molar-refractivity contribution in [1.29, 1.82) is 0 Å². The fourth-order valence-electron chi connectivity index (χ4n) is 1.88. The van der Waals surface area contributed by atoms with Crippen LogP contribution in [-0.2, 0) is 6.42 Å². The van der Waals surface area contributed by atoms with Gasteiger partial charge in [-0.05, 0) is 49.7 Å². The molecular weight excluding hydrogens is 172 g/mol. The molecule has 0 atom stereocenters. The first-order chi connectivity index (χ1) is 6.79. The smallest absolute Gasteiger partial charge is 0.0317 e. The zero-order chi connectivity index (χ0) is 9.97. The van der Waals surface area contributed by atoms with E-state index >= 15 is 0 Å².